The monoisotopic (exact) mass is 336 g/mol. The number of carbonyl (C=O) groups is 2. The van der Waals surface area contributed by atoms with Crippen molar-refractivity contribution in [1.29, 1.82) is 0 Å². The molecule has 0 aromatic carbocycles. The molecule has 1 aliphatic carbocycles. The summed E-state index contributed by atoms with van der Waals surface area (Å²) in [5.41, 5.74) is 0. The summed E-state index contributed by atoms with van der Waals surface area (Å²) in [6.07, 6.45) is 0.627. The molecule has 2 aliphatic rings. The minimum atomic E-state index is -4.28. The number of rotatable bonds is 5. The van der Waals surface area contributed by atoms with E-state index < -0.39 is 24.6 Å². The van der Waals surface area contributed by atoms with Gasteiger partial charge in [0.2, 0.25) is 5.91 Å². The van der Waals surface area contributed by atoms with Gasteiger partial charge in [-0.2, -0.15) is 13.2 Å². The van der Waals surface area contributed by atoms with Crippen LogP contribution in [0.2, 0.25) is 0 Å². The average molecular weight is 336 g/mol. The van der Waals surface area contributed by atoms with Crippen molar-refractivity contribution in [1.82, 2.24) is 9.80 Å². The number of carbonyl (C=O) groups excluding carboxylic acids is 1. The first-order chi connectivity index (χ1) is 10.8. The number of halogens is 3. The second-order valence-electron chi connectivity index (χ2n) is 6.49. The Morgan fingerprint density at radius 2 is 1.78 bits per heavy atom. The van der Waals surface area contributed by atoms with Gasteiger partial charge in [0, 0.05) is 12.6 Å². The summed E-state index contributed by atoms with van der Waals surface area (Å²) in [5.74, 6) is -1.91. The third kappa shape index (κ3) is 5.37. The smallest absolute Gasteiger partial charge is 0.401 e. The summed E-state index contributed by atoms with van der Waals surface area (Å²) in [6.45, 7) is -1.10. The number of likely N-dealkylation sites (tertiary alicyclic amines) is 1. The van der Waals surface area contributed by atoms with E-state index in [0.29, 0.717) is 6.42 Å². The molecule has 1 aliphatic heterocycles. The zero-order valence-corrected chi connectivity index (χ0v) is 13.0. The summed E-state index contributed by atoms with van der Waals surface area (Å²) in [7, 11) is 0. The molecule has 5 nitrogen and oxygen atoms in total. The molecule has 0 aromatic rings. The molecule has 132 valence electrons. The third-order valence-corrected chi connectivity index (χ3v) is 4.63. The van der Waals surface area contributed by atoms with Crippen molar-refractivity contribution in [2.45, 2.75) is 50.7 Å². The van der Waals surface area contributed by atoms with Crippen LogP contribution in [0.25, 0.3) is 0 Å². The SMILES string of the molecule is O=C(O)CN(C(=O)C1CCN(CC(F)(F)F)C1)C1CCCCC1. The number of alkyl halides is 3. The molecule has 1 unspecified atom stereocenters. The van der Waals surface area contributed by atoms with Crippen LogP contribution in [0, 0.1) is 5.92 Å². The number of carboxylic acid groups (broad SMARTS) is 1. The van der Waals surface area contributed by atoms with E-state index in [2.05, 4.69) is 0 Å². The number of hydrogen-bond acceptors (Lipinski definition) is 3. The maximum atomic E-state index is 12.6. The van der Waals surface area contributed by atoms with Gasteiger partial charge in [-0.05, 0) is 25.8 Å². The largest absolute Gasteiger partial charge is 0.480 e. The van der Waals surface area contributed by atoms with Crippen LogP contribution in [0.15, 0.2) is 0 Å². The van der Waals surface area contributed by atoms with Gasteiger partial charge in [0.05, 0.1) is 12.5 Å². The molecule has 8 heteroatoms. The molecule has 0 aromatic heterocycles. The number of hydrogen-bond donors (Lipinski definition) is 1. The third-order valence-electron chi connectivity index (χ3n) is 4.63. The van der Waals surface area contributed by atoms with Crippen LogP contribution in [-0.4, -0.2) is 65.2 Å². The summed E-state index contributed by atoms with van der Waals surface area (Å²) >= 11 is 0. The number of amides is 1. The van der Waals surface area contributed by atoms with Crippen LogP contribution in [-0.2, 0) is 9.59 Å². The standard InChI is InChI=1S/C15H23F3N2O3/c16-15(17,18)10-19-7-6-11(8-19)14(23)20(9-13(21)22)12-4-2-1-3-5-12/h11-12H,1-10H2,(H,21,22). The molecule has 1 saturated carbocycles. The number of nitrogens with zero attached hydrogens (tertiary/aromatic N) is 2. The molecule has 0 bridgehead atoms. The van der Waals surface area contributed by atoms with Gasteiger partial charge in [0.25, 0.3) is 0 Å². The van der Waals surface area contributed by atoms with Gasteiger partial charge in [-0.3, -0.25) is 14.5 Å². The van der Waals surface area contributed by atoms with Crippen molar-refractivity contribution < 1.29 is 27.9 Å². The Kier molecular flexibility index (Phi) is 5.89. The first-order valence-electron chi connectivity index (χ1n) is 8.07. The zero-order chi connectivity index (χ0) is 17.0. The fourth-order valence-corrected chi connectivity index (χ4v) is 3.59. The minimum absolute atomic E-state index is 0.0567. The van der Waals surface area contributed by atoms with Gasteiger partial charge < -0.3 is 10.0 Å². The summed E-state index contributed by atoms with van der Waals surface area (Å²) in [6, 6.07) is -0.0935. The van der Waals surface area contributed by atoms with Gasteiger partial charge in [0.1, 0.15) is 6.54 Å². The second kappa shape index (κ2) is 7.51. The molecule has 1 amide bonds. The lowest BCUT2D eigenvalue weighted by Gasteiger charge is -2.35. The second-order valence-corrected chi connectivity index (χ2v) is 6.49. The number of aliphatic carboxylic acids is 1. The quantitative estimate of drug-likeness (QED) is 0.835. The maximum absolute atomic E-state index is 12.6. The van der Waals surface area contributed by atoms with Gasteiger partial charge in [-0.15, -0.1) is 0 Å². The molecular formula is C15H23F3N2O3. The van der Waals surface area contributed by atoms with E-state index in [4.69, 9.17) is 5.11 Å². The fourth-order valence-electron chi connectivity index (χ4n) is 3.59. The lowest BCUT2D eigenvalue weighted by Crippen LogP contribution is -2.47. The lowest BCUT2D eigenvalue weighted by molar-refractivity contribution is -0.150. The Morgan fingerprint density at radius 1 is 1.13 bits per heavy atom. The predicted molar refractivity (Wildman–Crippen MR) is 76.8 cm³/mol. The number of carboxylic acids is 1. The van der Waals surface area contributed by atoms with Crippen LogP contribution in [0.1, 0.15) is 38.5 Å². The van der Waals surface area contributed by atoms with Crippen molar-refractivity contribution in [3.05, 3.63) is 0 Å². The highest BCUT2D eigenvalue weighted by Crippen LogP contribution is 2.28. The van der Waals surface area contributed by atoms with Crippen molar-refractivity contribution in [2.24, 2.45) is 5.92 Å². The average Bonchev–Trinajstić information content (AvgIpc) is 2.91. The first-order valence-corrected chi connectivity index (χ1v) is 8.07. The topological polar surface area (TPSA) is 60.9 Å². The van der Waals surface area contributed by atoms with E-state index in [0.717, 1.165) is 32.1 Å². The van der Waals surface area contributed by atoms with Crippen LogP contribution in [0.3, 0.4) is 0 Å². The molecule has 0 spiro atoms. The Labute approximate surface area is 133 Å². The van der Waals surface area contributed by atoms with E-state index >= 15 is 0 Å². The van der Waals surface area contributed by atoms with Crippen molar-refractivity contribution >= 4 is 11.9 Å². The highest BCUT2D eigenvalue weighted by Gasteiger charge is 2.39. The molecule has 1 saturated heterocycles. The Bertz CT molecular complexity index is 436. The van der Waals surface area contributed by atoms with E-state index in [1.165, 1.54) is 9.80 Å². The van der Waals surface area contributed by atoms with Gasteiger partial charge in [-0.1, -0.05) is 19.3 Å². The van der Waals surface area contributed by atoms with Gasteiger partial charge in [-0.25, -0.2) is 0 Å². The van der Waals surface area contributed by atoms with Gasteiger partial charge in [0.15, 0.2) is 0 Å². The molecule has 1 atom stereocenters. The van der Waals surface area contributed by atoms with Crippen molar-refractivity contribution in [3.63, 3.8) is 0 Å². The molecule has 0 radical (unpaired) electrons. The summed E-state index contributed by atoms with van der Waals surface area (Å²) in [4.78, 5) is 26.3. The zero-order valence-electron chi connectivity index (χ0n) is 13.0. The van der Waals surface area contributed by atoms with Crippen molar-refractivity contribution in [3.8, 4) is 0 Å². The molecule has 2 rings (SSSR count). The van der Waals surface area contributed by atoms with E-state index in [1.54, 1.807) is 0 Å². The van der Waals surface area contributed by atoms with E-state index in [-0.39, 0.29) is 31.6 Å². The fraction of sp³-hybridized carbons (Fsp3) is 0.867. The minimum Gasteiger partial charge on any atom is -0.480 e. The van der Waals surface area contributed by atoms with E-state index in [1.807, 2.05) is 0 Å². The first kappa shape index (κ1) is 18.0. The Hall–Kier alpha value is -1.31. The van der Waals surface area contributed by atoms with Crippen LogP contribution in [0.5, 0.6) is 0 Å². The molecular weight excluding hydrogens is 313 g/mol. The normalized spacial score (nSPS) is 23.9. The maximum Gasteiger partial charge on any atom is 0.401 e. The van der Waals surface area contributed by atoms with Gasteiger partial charge >= 0.3 is 12.1 Å². The Balaban J connectivity index is 1.98. The van der Waals surface area contributed by atoms with E-state index in [9.17, 15) is 22.8 Å². The lowest BCUT2D eigenvalue weighted by atomic mass is 9.93. The highest BCUT2D eigenvalue weighted by atomic mass is 19.4. The van der Waals surface area contributed by atoms with Crippen LogP contribution >= 0.6 is 0 Å². The predicted octanol–water partition coefficient (Wildman–Crippen LogP) is 2.12. The molecule has 1 N–H and O–H groups in total. The molecule has 2 fully saturated rings. The van der Waals surface area contributed by atoms with Crippen LogP contribution in [0.4, 0.5) is 13.2 Å². The molecule has 23 heavy (non-hydrogen) atoms. The van der Waals surface area contributed by atoms with Crippen LogP contribution < -0.4 is 0 Å². The Morgan fingerprint density at radius 3 is 2.35 bits per heavy atom. The summed E-state index contributed by atoms with van der Waals surface area (Å²) < 4.78 is 37.3. The summed E-state index contributed by atoms with van der Waals surface area (Å²) in [5, 5.41) is 9.06. The van der Waals surface area contributed by atoms with Crippen molar-refractivity contribution in [2.75, 3.05) is 26.2 Å². The molecule has 1 heterocycles. The highest BCUT2D eigenvalue weighted by molar-refractivity contribution is 5.83.